The Morgan fingerprint density at radius 1 is 1.45 bits per heavy atom. The van der Waals surface area contributed by atoms with Crippen LogP contribution in [0.5, 0.6) is 0 Å². The maximum Gasteiger partial charge on any atom is 0.251 e. The van der Waals surface area contributed by atoms with Crippen LogP contribution in [0.2, 0.25) is 0 Å². The van der Waals surface area contributed by atoms with Crippen LogP contribution in [-0.2, 0) is 16.1 Å². The summed E-state index contributed by atoms with van der Waals surface area (Å²) in [5.41, 5.74) is 5.78. The average Bonchev–Trinajstić information content (AvgIpc) is 2.81. The van der Waals surface area contributed by atoms with Crippen LogP contribution in [-0.4, -0.2) is 40.4 Å². The van der Waals surface area contributed by atoms with E-state index in [0.29, 0.717) is 18.8 Å². The molecular formula is C13H18N4O3. The minimum atomic E-state index is -0.259. The number of likely N-dealkylation sites (tertiary alicyclic amines) is 1. The Kier molecular flexibility index (Phi) is 4.07. The zero-order chi connectivity index (χ0) is 14.7. The van der Waals surface area contributed by atoms with Gasteiger partial charge in [0.25, 0.3) is 5.56 Å². The van der Waals surface area contributed by atoms with Crippen molar-refractivity contribution in [2.24, 2.45) is 0 Å². The molecule has 1 aliphatic heterocycles. The van der Waals surface area contributed by atoms with Gasteiger partial charge in [0.05, 0.1) is 0 Å². The standard InChI is InChI=1S/C13H18N4O3/c1-9(18)15-11-4-5-16(7-11)13(20)8-17-6-10(14)2-3-12(17)19/h2-3,6,11H,4-5,7-8,14H2,1H3,(H,15,18). The minimum Gasteiger partial charge on any atom is -0.398 e. The van der Waals surface area contributed by atoms with Gasteiger partial charge in [-0.25, -0.2) is 0 Å². The normalized spacial score (nSPS) is 18.1. The number of nitrogens with zero attached hydrogens (tertiary/aromatic N) is 2. The highest BCUT2D eigenvalue weighted by molar-refractivity contribution is 5.77. The minimum absolute atomic E-state index is 0.00554. The number of hydrogen-bond acceptors (Lipinski definition) is 4. The molecule has 0 aliphatic carbocycles. The Labute approximate surface area is 116 Å². The highest BCUT2D eigenvalue weighted by atomic mass is 16.2. The van der Waals surface area contributed by atoms with Crippen molar-refractivity contribution in [1.82, 2.24) is 14.8 Å². The quantitative estimate of drug-likeness (QED) is 0.754. The number of nitrogens with one attached hydrogen (secondary N) is 1. The second-order valence-corrected chi connectivity index (χ2v) is 4.95. The van der Waals surface area contributed by atoms with Crippen LogP contribution in [0.4, 0.5) is 5.69 Å². The molecule has 1 unspecified atom stereocenters. The number of aromatic nitrogens is 1. The summed E-state index contributed by atoms with van der Waals surface area (Å²) in [5, 5.41) is 2.79. The topological polar surface area (TPSA) is 97.4 Å². The first-order valence-electron chi connectivity index (χ1n) is 6.46. The van der Waals surface area contributed by atoms with E-state index in [2.05, 4.69) is 5.32 Å². The Morgan fingerprint density at radius 3 is 2.90 bits per heavy atom. The first-order chi connectivity index (χ1) is 9.45. The molecule has 1 fully saturated rings. The van der Waals surface area contributed by atoms with Crippen molar-refractivity contribution >= 4 is 17.5 Å². The van der Waals surface area contributed by atoms with Gasteiger partial charge in [-0.2, -0.15) is 0 Å². The molecule has 3 N–H and O–H groups in total. The zero-order valence-electron chi connectivity index (χ0n) is 11.3. The van der Waals surface area contributed by atoms with Gasteiger partial charge in [-0.3, -0.25) is 14.4 Å². The Morgan fingerprint density at radius 2 is 2.20 bits per heavy atom. The molecule has 1 aromatic rings. The summed E-state index contributed by atoms with van der Waals surface area (Å²) in [7, 11) is 0. The van der Waals surface area contributed by atoms with E-state index in [4.69, 9.17) is 5.73 Å². The number of hydrogen-bond donors (Lipinski definition) is 2. The van der Waals surface area contributed by atoms with Gasteiger partial charge in [0, 0.05) is 44.0 Å². The molecule has 7 nitrogen and oxygen atoms in total. The molecule has 7 heteroatoms. The van der Waals surface area contributed by atoms with E-state index < -0.39 is 0 Å². The van der Waals surface area contributed by atoms with E-state index in [0.717, 1.165) is 6.42 Å². The van der Waals surface area contributed by atoms with E-state index >= 15 is 0 Å². The Bertz CT molecular complexity index is 581. The maximum atomic E-state index is 12.1. The molecule has 0 spiro atoms. The van der Waals surface area contributed by atoms with Gasteiger partial charge in [-0.1, -0.05) is 0 Å². The summed E-state index contributed by atoms with van der Waals surface area (Å²) in [5.74, 6) is -0.248. The van der Waals surface area contributed by atoms with E-state index in [1.54, 1.807) is 4.90 Å². The van der Waals surface area contributed by atoms with Crippen molar-refractivity contribution in [2.75, 3.05) is 18.8 Å². The third-order valence-electron chi connectivity index (χ3n) is 3.26. The smallest absolute Gasteiger partial charge is 0.251 e. The van der Waals surface area contributed by atoms with Crippen LogP contribution in [0, 0.1) is 0 Å². The summed E-state index contributed by atoms with van der Waals surface area (Å²) < 4.78 is 1.30. The lowest BCUT2D eigenvalue weighted by Gasteiger charge is -2.17. The number of carbonyl (C=O) groups is 2. The molecule has 0 bridgehead atoms. The van der Waals surface area contributed by atoms with Crippen LogP contribution < -0.4 is 16.6 Å². The predicted molar refractivity (Wildman–Crippen MR) is 73.9 cm³/mol. The number of pyridine rings is 1. The van der Waals surface area contributed by atoms with Crippen LogP contribution in [0.15, 0.2) is 23.1 Å². The van der Waals surface area contributed by atoms with Crippen molar-refractivity contribution in [1.29, 1.82) is 0 Å². The fourth-order valence-electron chi connectivity index (χ4n) is 2.31. The lowest BCUT2D eigenvalue weighted by Crippen LogP contribution is -2.39. The number of nitrogen functional groups attached to an aromatic ring is 1. The third kappa shape index (κ3) is 3.37. The van der Waals surface area contributed by atoms with E-state index in [1.165, 1.54) is 29.8 Å². The monoisotopic (exact) mass is 278 g/mol. The molecule has 0 radical (unpaired) electrons. The number of anilines is 1. The summed E-state index contributed by atoms with van der Waals surface area (Å²) in [6.07, 6.45) is 2.19. The van der Waals surface area contributed by atoms with E-state index in [1.807, 2.05) is 0 Å². The molecule has 1 atom stereocenters. The van der Waals surface area contributed by atoms with Crippen LogP contribution in [0.1, 0.15) is 13.3 Å². The maximum absolute atomic E-state index is 12.1. The molecule has 2 amide bonds. The average molecular weight is 278 g/mol. The summed E-state index contributed by atoms with van der Waals surface area (Å²) in [6.45, 7) is 2.49. The molecule has 2 heterocycles. The molecule has 1 aliphatic rings. The number of carbonyl (C=O) groups excluding carboxylic acids is 2. The summed E-state index contributed by atoms with van der Waals surface area (Å²) in [4.78, 5) is 36.4. The Balaban J connectivity index is 1.98. The fraction of sp³-hybridized carbons (Fsp3) is 0.462. The largest absolute Gasteiger partial charge is 0.398 e. The van der Waals surface area contributed by atoms with Gasteiger partial charge in [0.15, 0.2) is 0 Å². The highest BCUT2D eigenvalue weighted by Crippen LogP contribution is 2.10. The van der Waals surface area contributed by atoms with E-state index in [9.17, 15) is 14.4 Å². The third-order valence-corrected chi connectivity index (χ3v) is 3.26. The highest BCUT2D eigenvalue weighted by Gasteiger charge is 2.26. The van der Waals surface area contributed by atoms with Gasteiger partial charge in [-0.15, -0.1) is 0 Å². The first-order valence-corrected chi connectivity index (χ1v) is 6.46. The van der Waals surface area contributed by atoms with Gasteiger partial charge in [-0.05, 0) is 12.5 Å². The first kappa shape index (κ1) is 14.1. The second-order valence-electron chi connectivity index (χ2n) is 4.95. The number of amides is 2. The van der Waals surface area contributed by atoms with E-state index in [-0.39, 0.29) is 30.0 Å². The zero-order valence-corrected chi connectivity index (χ0v) is 11.3. The predicted octanol–water partition coefficient (Wildman–Crippen LogP) is -0.832. The number of nitrogens with two attached hydrogens (primary N) is 1. The number of rotatable bonds is 3. The van der Waals surface area contributed by atoms with Gasteiger partial charge in [0.1, 0.15) is 6.54 Å². The van der Waals surface area contributed by atoms with Gasteiger partial charge in [0.2, 0.25) is 11.8 Å². The van der Waals surface area contributed by atoms with Gasteiger partial charge >= 0.3 is 0 Å². The van der Waals surface area contributed by atoms with Crippen molar-refractivity contribution < 1.29 is 9.59 Å². The van der Waals surface area contributed by atoms with Crippen LogP contribution >= 0.6 is 0 Å². The lowest BCUT2D eigenvalue weighted by atomic mass is 10.3. The molecule has 0 aromatic carbocycles. The van der Waals surface area contributed by atoms with Crippen LogP contribution in [0.3, 0.4) is 0 Å². The second kappa shape index (κ2) is 5.77. The van der Waals surface area contributed by atoms with Gasteiger partial charge < -0.3 is 20.5 Å². The summed E-state index contributed by atoms with van der Waals surface area (Å²) >= 11 is 0. The summed E-state index contributed by atoms with van der Waals surface area (Å²) in [6, 6.07) is 2.84. The molecule has 20 heavy (non-hydrogen) atoms. The molecular weight excluding hydrogens is 260 g/mol. The Hall–Kier alpha value is -2.31. The lowest BCUT2D eigenvalue weighted by molar-refractivity contribution is -0.131. The SMILES string of the molecule is CC(=O)NC1CCN(C(=O)Cn2cc(N)ccc2=O)C1. The molecule has 2 rings (SSSR count). The molecule has 1 saturated heterocycles. The molecule has 0 saturated carbocycles. The molecule has 108 valence electrons. The van der Waals surface area contributed by atoms with Crippen molar-refractivity contribution in [2.45, 2.75) is 25.9 Å². The van der Waals surface area contributed by atoms with Crippen molar-refractivity contribution in [3.63, 3.8) is 0 Å². The molecule has 1 aromatic heterocycles. The van der Waals surface area contributed by atoms with Crippen molar-refractivity contribution in [3.8, 4) is 0 Å². The van der Waals surface area contributed by atoms with Crippen LogP contribution in [0.25, 0.3) is 0 Å². The fourth-order valence-corrected chi connectivity index (χ4v) is 2.31. The van der Waals surface area contributed by atoms with Crippen molar-refractivity contribution in [3.05, 3.63) is 28.7 Å².